The van der Waals surface area contributed by atoms with Crippen LogP contribution in [0, 0.1) is 0 Å². The van der Waals surface area contributed by atoms with Crippen LogP contribution in [0.1, 0.15) is 5.82 Å². The van der Waals surface area contributed by atoms with Gasteiger partial charge in [0, 0.05) is 13.7 Å². The minimum absolute atomic E-state index is 0.111. The van der Waals surface area contributed by atoms with Crippen LogP contribution in [0.15, 0.2) is 12.5 Å². The van der Waals surface area contributed by atoms with Crippen molar-refractivity contribution in [2.24, 2.45) is 5.73 Å². The fraction of sp³-hybridized carbons (Fsp3) is 0.615. The number of ether oxygens (including phenoxy) is 1. The molecule has 3 rings (SSSR count). The fourth-order valence-corrected chi connectivity index (χ4v) is 4.56. The van der Waals surface area contributed by atoms with Gasteiger partial charge < -0.3 is 24.1 Å². The molecule has 0 radical (unpaired) electrons. The largest absolute Gasteiger partial charge is 0.386 e. The Morgan fingerprint density at radius 1 is 1.50 bits per heavy atom. The third-order valence-electron chi connectivity index (χ3n) is 3.86. The minimum Gasteiger partial charge on any atom is -0.377 e. The lowest BCUT2D eigenvalue weighted by molar-refractivity contribution is 0.120. The molecule has 0 amide bonds. The molecule has 15 heteroatoms. The molecular weight excluding hydrogens is 448 g/mol. The first-order chi connectivity index (χ1) is 13.4. The molecule has 0 aliphatic carbocycles. The number of fused-ring (bicyclic) bond motifs is 1. The smallest absolute Gasteiger partial charge is 0.377 e. The molecule has 0 saturated carbocycles. The van der Waals surface area contributed by atoms with Crippen molar-refractivity contribution in [2.45, 2.75) is 25.3 Å². The van der Waals surface area contributed by atoms with Crippen molar-refractivity contribution in [3.8, 4) is 0 Å². The van der Waals surface area contributed by atoms with E-state index in [1.54, 1.807) is 10.8 Å². The number of nitrogens with zero attached hydrogens (tertiary/aromatic N) is 4. The van der Waals surface area contributed by atoms with Gasteiger partial charge in [-0.1, -0.05) is 24.5 Å². The van der Waals surface area contributed by atoms with E-state index in [2.05, 4.69) is 39.4 Å². The number of rotatable bonds is 10. The van der Waals surface area contributed by atoms with Gasteiger partial charge in [-0.3, -0.25) is 9.05 Å². The number of imidazole rings is 1. The Morgan fingerprint density at radius 2 is 2.32 bits per heavy atom. The molecule has 28 heavy (non-hydrogen) atoms. The summed E-state index contributed by atoms with van der Waals surface area (Å²) in [6.45, 7) is -2.48. The quantitative estimate of drug-likeness (QED) is 0.350. The maximum Gasteiger partial charge on any atom is 0.386 e. The van der Waals surface area contributed by atoms with E-state index in [9.17, 15) is 4.57 Å². The van der Waals surface area contributed by atoms with Crippen LogP contribution in [0.2, 0.25) is 0 Å². The van der Waals surface area contributed by atoms with Gasteiger partial charge >= 0.3 is 6.80 Å². The molecule has 2 aromatic heterocycles. The van der Waals surface area contributed by atoms with Crippen LogP contribution >= 0.6 is 38.9 Å². The van der Waals surface area contributed by atoms with E-state index in [1.807, 2.05) is 0 Å². The highest BCUT2D eigenvalue weighted by Crippen LogP contribution is 2.55. The Labute approximate surface area is 173 Å². The van der Waals surface area contributed by atoms with Crippen LogP contribution in [0.4, 0.5) is 0 Å². The third-order valence-corrected chi connectivity index (χ3v) is 7.03. The van der Waals surface area contributed by atoms with Gasteiger partial charge in [-0.25, -0.2) is 19.5 Å². The van der Waals surface area contributed by atoms with Crippen molar-refractivity contribution in [2.75, 3.05) is 26.9 Å². The van der Waals surface area contributed by atoms with Gasteiger partial charge in [0.05, 0.1) is 32.1 Å². The first-order valence-electron chi connectivity index (χ1n) is 8.20. The van der Waals surface area contributed by atoms with Crippen LogP contribution in [0.25, 0.3) is 11.2 Å². The predicted molar refractivity (Wildman–Crippen MR) is 109 cm³/mol. The van der Waals surface area contributed by atoms with Crippen LogP contribution < -0.4 is 5.73 Å². The molecule has 1 aliphatic rings. The van der Waals surface area contributed by atoms with Crippen molar-refractivity contribution in [3.63, 3.8) is 0 Å². The summed E-state index contributed by atoms with van der Waals surface area (Å²) in [5.41, 5.74) is 7.01. The van der Waals surface area contributed by atoms with Crippen LogP contribution in [-0.2, 0) is 40.5 Å². The number of hydrogen-bond donors (Lipinski definition) is 3. The Bertz CT molecular complexity index is 845. The van der Waals surface area contributed by atoms with Gasteiger partial charge in [0.25, 0.3) is 0 Å². The maximum atomic E-state index is 12.6. The highest BCUT2D eigenvalue weighted by Gasteiger charge is 2.33. The van der Waals surface area contributed by atoms with Crippen LogP contribution in [0.3, 0.4) is 0 Å². The summed E-state index contributed by atoms with van der Waals surface area (Å²) in [6.07, 6.45) is 2.46. The zero-order chi connectivity index (χ0) is 20.1. The van der Waals surface area contributed by atoms with Crippen LogP contribution in [-0.4, -0.2) is 58.6 Å². The molecule has 1 aliphatic heterocycles. The Morgan fingerprint density at radius 3 is 3.04 bits per heavy atom. The summed E-state index contributed by atoms with van der Waals surface area (Å²) in [5, 5.41) is 0. The predicted octanol–water partition coefficient (Wildman–Crippen LogP) is 1.94. The average Bonchev–Trinajstić information content (AvgIpc) is 3.23. The summed E-state index contributed by atoms with van der Waals surface area (Å²) in [5.74, 6) is 0.477. The standard InChI is InChI=1S/C13H21N5O6P2S2/c1-20-25(27)22-3-2-18-12(17-10-4-15-8-16-13(10)18)7-23-26(19,28)24-11-6-21-5-9(11)14/h4,8-9,11,27H,2-3,5-7,14H2,1H3,(H,19,28). The Balaban J connectivity index is 1.69. The molecule has 2 aromatic rings. The summed E-state index contributed by atoms with van der Waals surface area (Å²) < 4.78 is 40.8. The Hall–Kier alpha value is -0.330. The van der Waals surface area contributed by atoms with E-state index in [0.717, 1.165) is 0 Å². The summed E-state index contributed by atoms with van der Waals surface area (Å²) in [4.78, 5) is 12.6. The van der Waals surface area contributed by atoms with Crippen molar-refractivity contribution in [1.29, 1.82) is 0 Å². The van der Waals surface area contributed by atoms with E-state index in [0.29, 0.717) is 36.7 Å². The molecule has 4 atom stereocenters. The second-order valence-corrected chi connectivity index (χ2v) is 10.7. The van der Waals surface area contributed by atoms with Gasteiger partial charge in [-0.15, -0.1) is 0 Å². The van der Waals surface area contributed by atoms with Crippen molar-refractivity contribution >= 4 is 50.0 Å². The second-order valence-electron chi connectivity index (χ2n) is 5.75. The van der Waals surface area contributed by atoms with Crippen molar-refractivity contribution < 1.29 is 27.4 Å². The lowest BCUT2D eigenvalue weighted by atomic mass is 10.2. The highest BCUT2D eigenvalue weighted by molar-refractivity contribution is 8.44. The van der Waals surface area contributed by atoms with E-state index in [-0.39, 0.29) is 19.3 Å². The monoisotopic (exact) mass is 469 g/mol. The first kappa shape index (κ1) is 22.4. The average molecular weight is 469 g/mol. The fourth-order valence-electron chi connectivity index (χ4n) is 2.53. The van der Waals surface area contributed by atoms with E-state index >= 15 is 0 Å². The summed E-state index contributed by atoms with van der Waals surface area (Å²) in [7, 11) is 0.262. The normalized spacial score (nSPS) is 23.1. The molecule has 156 valence electrons. The zero-order valence-electron chi connectivity index (χ0n) is 14.9. The van der Waals surface area contributed by atoms with E-state index in [1.165, 1.54) is 13.4 Å². The molecule has 0 bridgehead atoms. The molecule has 4 unspecified atom stereocenters. The van der Waals surface area contributed by atoms with Gasteiger partial charge in [0.15, 0.2) is 5.65 Å². The van der Waals surface area contributed by atoms with Gasteiger partial charge in [-0.2, -0.15) is 0 Å². The SMILES string of the molecule is COP(S)OCCn1c(COP(=O)(S)OC2COCC2N)nc2cncnc21. The summed E-state index contributed by atoms with van der Waals surface area (Å²) in [6, 6.07) is -0.377. The molecule has 0 aromatic carbocycles. The third kappa shape index (κ3) is 5.85. The van der Waals surface area contributed by atoms with E-state index in [4.69, 9.17) is 28.6 Å². The molecular formula is C13H21N5O6P2S2. The Kier molecular flexibility index (Phi) is 8.08. The van der Waals surface area contributed by atoms with E-state index < -0.39 is 20.5 Å². The lowest BCUT2D eigenvalue weighted by Crippen LogP contribution is -2.34. The number of aromatic nitrogens is 4. The molecule has 2 N–H and O–H groups in total. The number of nitrogens with two attached hydrogens (primary N) is 1. The number of hydrogen-bond acceptors (Lipinski definition) is 11. The van der Waals surface area contributed by atoms with Gasteiger partial charge in [0.1, 0.15) is 30.4 Å². The maximum absolute atomic E-state index is 12.6. The molecule has 1 saturated heterocycles. The second kappa shape index (κ2) is 10.1. The van der Waals surface area contributed by atoms with Crippen molar-refractivity contribution in [1.82, 2.24) is 19.5 Å². The lowest BCUT2D eigenvalue weighted by Gasteiger charge is -2.19. The molecule has 1 fully saturated rings. The zero-order valence-corrected chi connectivity index (χ0v) is 18.5. The van der Waals surface area contributed by atoms with Gasteiger partial charge in [0.2, 0.25) is 7.58 Å². The molecule has 0 spiro atoms. The molecule has 11 nitrogen and oxygen atoms in total. The minimum atomic E-state index is -3.67. The highest BCUT2D eigenvalue weighted by atomic mass is 32.7. The molecule has 3 heterocycles. The first-order valence-corrected chi connectivity index (χ1v) is 13.2. The summed E-state index contributed by atoms with van der Waals surface area (Å²) >= 11 is 8.19. The van der Waals surface area contributed by atoms with Gasteiger partial charge in [-0.05, 0) is 0 Å². The van der Waals surface area contributed by atoms with Crippen molar-refractivity contribution in [3.05, 3.63) is 18.3 Å². The van der Waals surface area contributed by atoms with Crippen LogP contribution in [0.5, 0.6) is 0 Å². The number of thiol groups is 2. The topological polar surface area (TPSA) is 133 Å².